The van der Waals surface area contributed by atoms with E-state index in [4.69, 9.17) is 0 Å². The minimum atomic E-state index is -4.90. The molecule has 0 bridgehead atoms. The lowest BCUT2D eigenvalue weighted by atomic mass is 9.83. The Morgan fingerprint density at radius 3 is 2.28 bits per heavy atom. The van der Waals surface area contributed by atoms with Crippen LogP contribution in [0.4, 0.5) is 26.2 Å². The summed E-state index contributed by atoms with van der Waals surface area (Å²) in [6.07, 6.45) is -3.32. The lowest BCUT2D eigenvalue weighted by molar-refractivity contribution is -0.363. The second-order valence-corrected chi connectivity index (χ2v) is 7.53. The molecule has 2 aromatic rings. The van der Waals surface area contributed by atoms with Crippen molar-refractivity contribution >= 4 is 18.3 Å². The molecule has 0 radical (unpaired) electrons. The SMILES string of the molecule is CC1=CC(C)=[N+]2C1=C(c1ccc(F)c(C(F)(F)F)c1)c1c(C)cc(C)n1[B-]2(F)F. The van der Waals surface area contributed by atoms with Crippen LogP contribution in [0, 0.1) is 19.7 Å². The normalized spacial score (nSPS) is 18.2. The summed E-state index contributed by atoms with van der Waals surface area (Å²) in [5, 5.41) is 0. The van der Waals surface area contributed by atoms with E-state index < -0.39 is 24.5 Å². The van der Waals surface area contributed by atoms with Gasteiger partial charge in [0.25, 0.3) is 0 Å². The number of aryl methyl sites for hydroxylation is 2. The Morgan fingerprint density at radius 2 is 1.66 bits per heavy atom. The number of alkyl halides is 3. The molecule has 29 heavy (non-hydrogen) atoms. The standard InChI is InChI=1S/C20H17BF6N2/c1-10-7-12(3)28-18(10)17(14-5-6-16(22)15(9-14)20(23,24)25)19-11(2)8-13(4)29(19)21(28,26)27/h5-9H,1-4H3. The molecule has 9 heteroatoms. The fraction of sp³-hybridized carbons (Fsp3) is 0.250. The van der Waals surface area contributed by atoms with Crippen molar-refractivity contribution in [3.63, 3.8) is 0 Å². The number of benzene rings is 1. The van der Waals surface area contributed by atoms with Gasteiger partial charge in [0.05, 0.1) is 11.1 Å². The molecule has 0 N–H and O–H groups in total. The molecule has 152 valence electrons. The third kappa shape index (κ3) is 2.63. The third-order valence-corrected chi connectivity index (χ3v) is 5.49. The number of rotatable bonds is 1. The maximum Gasteiger partial charge on any atom is 0.737 e. The van der Waals surface area contributed by atoms with Crippen LogP contribution in [0.15, 0.2) is 41.6 Å². The fourth-order valence-corrected chi connectivity index (χ4v) is 4.47. The van der Waals surface area contributed by atoms with Crippen LogP contribution in [0.25, 0.3) is 5.57 Å². The molecular weight excluding hydrogens is 393 g/mol. The number of allylic oxidation sites excluding steroid dienone is 2. The Kier molecular flexibility index (Phi) is 3.99. The largest absolute Gasteiger partial charge is 0.737 e. The van der Waals surface area contributed by atoms with Gasteiger partial charge in [-0.2, -0.15) is 13.2 Å². The molecule has 0 aliphatic carbocycles. The van der Waals surface area contributed by atoms with E-state index in [-0.39, 0.29) is 22.5 Å². The molecule has 4 rings (SSSR count). The summed E-state index contributed by atoms with van der Waals surface area (Å²) < 4.78 is 86.5. The van der Waals surface area contributed by atoms with E-state index >= 15 is 8.63 Å². The van der Waals surface area contributed by atoms with Crippen molar-refractivity contribution in [3.05, 3.63) is 75.5 Å². The molecule has 2 aliphatic rings. The molecule has 2 nitrogen and oxygen atoms in total. The van der Waals surface area contributed by atoms with Crippen LogP contribution >= 0.6 is 0 Å². The number of fused-ring (bicyclic) bond motifs is 2. The van der Waals surface area contributed by atoms with E-state index in [1.807, 2.05) is 0 Å². The lowest BCUT2D eigenvalue weighted by Crippen LogP contribution is -2.51. The van der Waals surface area contributed by atoms with Crippen LogP contribution in [0.3, 0.4) is 0 Å². The Labute approximate surface area is 163 Å². The number of nitrogens with zero attached hydrogens (tertiary/aromatic N) is 2. The van der Waals surface area contributed by atoms with Gasteiger partial charge in [-0.3, -0.25) is 0 Å². The van der Waals surface area contributed by atoms with Crippen molar-refractivity contribution in [2.45, 2.75) is 33.9 Å². The van der Waals surface area contributed by atoms with Gasteiger partial charge in [0.15, 0.2) is 5.70 Å². The smallest absolute Gasteiger partial charge is 0.393 e. The zero-order valence-corrected chi connectivity index (χ0v) is 16.1. The second kappa shape index (κ2) is 5.90. The van der Waals surface area contributed by atoms with Gasteiger partial charge < -0.3 is 17.6 Å². The first-order chi connectivity index (χ1) is 13.4. The molecule has 1 aromatic carbocycles. The highest BCUT2D eigenvalue weighted by molar-refractivity contribution is 6.58. The molecule has 1 aromatic heterocycles. The van der Waals surface area contributed by atoms with Crippen molar-refractivity contribution < 1.29 is 30.7 Å². The average molecular weight is 410 g/mol. The average Bonchev–Trinajstić information content (AvgIpc) is 3.05. The molecule has 0 saturated heterocycles. The molecule has 2 aliphatic heterocycles. The topological polar surface area (TPSA) is 7.94 Å². The van der Waals surface area contributed by atoms with E-state index in [1.165, 1.54) is 19.9 Å². The van der Waals surface area contributed by atoms with E-state index in [2.05, 4.69) is 0 Å². The summed E-state index contributed by atoms with van der Waals surface area (Å²) in [6.45, 7) is 2.12. The molecule has 3 heterocycles. The van der Waals surface area contributed by atoms with Gasteiger partial charge in [-0.1, -0.05) is 6.07 Å². The summed E-state index contributed by atoms with van der Waals surface area (Å²) >= 11 is 0. The highest BCUT2D eigenvalue weighted by Crippen LogP contribution is 2.45. The predicted molar refractivity (Wildman–Crippen MR) is 99.4 cm³/mol. The monoisotopic (exact) mass is 410 g/mol. The van der Waals surface area contributed by atoms with Gasteiger partial charge in [-0.25, -0.2) is 4.39 Å². The van der Waals surface area contributed by atoms with Crippen LogP contribution in [-0.2, 0) is 6.18 Å². The van der Waals surface area contributed by atoms with Crippen LogP contribution in [0.1, 0.15) is 41.9 Å². The van der Waals surface area contributed by atoms with E-state index in [9.17, 15) is 17.6 Å². The van der Waals surface area contributed by atoms with E-state index in [0.717, 1.165) is 15.0 Å². The Morgan fingerprint density at radius 1 is 1.00 bits per heavy atom. The Hall–Kier alpha value is -2.71. The van der Waals surface area contributed by atoms with Crippen LogP contribution < -0.4 is 0 Å². The van der Waals surface area contributed by atoms with E-state index in [1.54, 1.807) is 26.0 Å². The number of hydrogen-bond acceptors (Lipinski definition) is 0. The predicted octanol–water partition coefficient (Wildman–Crippen LogP) is 5.69. The molecule has 0 fully saturated rings. The summed E-state index contributed by atoms with van der Waals surface area (Å²) in [5.41, 5.74) is 0.786. The van der Waals surface area contributed by atoms with Gasteiger partial charge in [0.2, 0.25) is 0 Å². The summed E-state index contributed by atoms with van der Waals surface area (Å²) in [5.74, 6) is -1.40. The molecule has 0 amide bonds. The lowest BCUT2D eigenvalue weighted by Gasteiger charge is -2.34. The summed E-state index contributed by atoms with van der Waals surface area (Å²) in [7, 11) is 0. The van der Waals surface area contributed by atoms with Crippen LogP contribution in [0.5, 0.6) is 0 Å². The van der Waals surface area contributed by atoms with Gasteiger partial charge in [0, 0.05) is 24.3 Å². The van der Waals surface area contributed by atoms with Crippen LogP contribution in [-0.4, -0.2) is 21.6 Å². The first kappa shape index (κ1) is 19.6. The van der Waals surface area contributed by atoms with Gasteiger partial charge in [0.1, 0.15) is 11.5 Å². The minimum Gasteiger partial charge on any atom is -0.393 e. The highest BCUT2D eigenvalue weighted by atomic mass is 19.4. The van der Waals surface area contributed by atoms with Gasteiger partial charge in [-0.15, -0.1) is 0 Å². The molecular formula is C20H17BF6N2. The molecule has 0 atom stereocenters. The number of halogens is 6. The van der Waals surface area contributed by atoms with Crippen molar-refractivity contribution in [1.82, 2.24) is 4.48 Å². The highest BCUT2D eigenvalue weighted by Gasteiger charge is 2.55. The van der Waals surface area contributed by atoms with Crippen molar-refractivity contribution in [2.24, 2.45) is 0 Å². The quantitative estimate of drug-likeness (QED) is 0.422. The maximum absolute atomic E-state index is 15.5. The minimum absolute atomic E-state index is 0.0370. The first-order valence-corrected chi connectivity index (χ1v) is 9.00. The van der Waals surface area contributed by atoms with Crippen molar-refractivity contribution in [1.29, 1.82) is 0 Å². The number of aromatic nitrogens is 1. The molecule has 0 unspecified atom stereocenters. The molecule has 0 saturated carbocycles. The number of hydrogen-bond donors (Lipinski definition) is 0. The summed E-state index contributed by atoms with van der Waals surface area (Å²) in [6, 6.07) is 4.21. The Bertz CT molecular complexity index is 1160. The fourth-order valence-electron chi connectivity index (χ4n) is 4.47. The Balaban J connectivity index is 2.14. The third-order valence-electron chi connectivity index (χ3n) is 5.49. The van der Waals surface area contributed by atoms with Crippen molar-refractivity contribution in [2.75, 3.05) is 0 Å². The van der Waals surface area contributed by atoms with E-state index in [0.29, 0.717) is 28.6 Å². The van der Waals surface area contributed by atoms with Crippen molar-refractivity contribution in [3.8, 4) is 0 Å². The first-order valence-electron chi connectivity index (χ1n) is 9.00. The van der Waals surface area contributed by atoms with Crippen LogP contribution in [0.2, 0.25) is 0 Å². The van der Waals surface area contributed by atoms with Gasteiger partial charge >= 0.3 is 13.1 Å². The summed E-state index contributed by atoms with van der Waals surface area (Å²) in [4.78, 5) is 0. The molecule has 0 spiro atoms. The maximum atomic E-state index is 15.5. The zero-order valence-electron chi connectivity index (χ0n) is 16.1. The zero-order chi connectivity index (χ0) is 21.5. The second-order valence-electron chi connectivity index (χ2n) is 7.53. The van der Waals surface area contributed by atoms with Gasteiger partial charge in [-0.05, 0) is 55.8 Å².